The van der Waals surface area contributed by atoms with Gasteiger partial charge in [-0.3, -0.25) is 0 Å². The van der Waals surface area contributed by atoms with Crippen molar-refractivity contribution in [1.82, 2.24) is 9.55 Å². The lowest BCUT2D eigenvalue weighted by Crippen LogP contribution is -1.96. The summed E-state index contributed by atoms with van der Waals surface area (Å²) in [6.07, 6.45) is 0. The van der Waals surface area contributed by atoms with Gasteiger partial charge >= 0.3 is 0 Å². The lowest BCUT2D eigenvalue weighted by atomic mass is 9.99. The number of hydrogen-bond donors (Lipinski definition) is 0. The number of rotatable bonds is 3. The molecule has 0 unspecified atom stereocenters. The van der Waals surface area contributed by atoms with Gasteiger partial charge in [-0.15, -0.1) is 0 Å². The fraction of sp³-hybridized carbons (Fsp3) is 0. The topological polar surface area (TPSA) is 44.1 Å². The summed E-state index contributed by atoms with van der Waals surface area (Å²) in [5, 5.41) is 9.10. The number of furan rings is 1. The molecule has 11 aromatic rings. The number of hydrogen-bond acceptors (Lipinski definition) is 3. The maximum Gasteiger partial charge on any atom is 0.227 e. The molecule has 4 heteroatoms. The lowest BCUT2D eigenvalue weighted by molar-refractivity contribution is 0.623. The Bertz CT molecular complexity index is 3070. The summed E-state index contributed by atoms with van der Waals surface area (Å²) >= 11 is 0. The van der Waals surface area contributed by atoms with E-state index in [-0.39, 0.29) is 0 Å². The average Bonchev–Trinajstić information content (AvgIpc) is 3.85. The second-order valence-electron chi connectivity index (χ2n) is 12.7. The molecule has 8 aromatic carbocycles. The van der Waals surface area contributed by atoms with Gasteiger partial charge in [0.2, 0.25) is 5.89 Å². The highest BCUT2D eigenvalue weighted by Gasteiger charge is 2.20. The van der Waals surface area contributed by atoms with E-state index in [4.69, 9.17) is 13.8 Å². The van der Waals surface area contributed by atoms with Crippen molar-refractivity contribution in [2.45, 2.75) is 0 Å². The van der Waals surface area contributed by atoms with E-state index in [1.165, 1.54) is 32.6 Å². The Balaban J connectivity index is 1.10. The van der Waals surface area contributed by atoms with Gasteiger partial charge < -0.3 is 13.4 Å². The second-order valence-corrected chi connectivity index (χ2v) is 12.7. The highest BCUT2D eigenvalue weighted by Crippen LogP contribution is 2.41. The number of nitrogens with zero attached hydrogens (tertiary/aromatic N) is 2. The van der Waals surface area contributed by atoms with E-state index >= 15 is 0 Å². The van der Waals surface area contributed by atoms with Crippen LogP contribution in [0.5, 0.6) is 0 Å². The number of para-hydroxylation sites is 2. The summed E-state index contributed by atoms with van der Waals surface area (Å²) in [6.45, 7) is 0. The van der Waals surface area contributed by atoms with E-state index in [0.29, 0.717) is 5.89 Å². The first-order valence-corrected chi connectivity index (χ1v) is 16.5. The molecule has 0 bridgehead atoms. The molecule has 0 radical (unpaired) electrons. The van der Waals surface area contributed by atoms with E-state index in [9.17, 15) is 0 Å². The van der Waals surface area contributed by atoms with Crippen LogP contribution in [-0.2, 0) is 0 Å². The SMILES string of the molecule is c1ccc2cc(-c3ccc4oc5ccc6nc(-c7ccc(-n8c9ccccc9c9ccccc98)c8ccccc78)oc6c5c4c3)ccc2c1. The molecule has 4 nitrogen and oxygen atoms in total. The van der Waals surface area contributed by atoms with Crippen molar-refractivity contribution < 1.29 is 8.83 Å². The minimum absolute atomic E-state index is 0.590. The van der Waals surface area contributed by atoms with Crippen LogP contribution >= 0.6 is 0 Å². The molecule has 228 valence electrons. The van der Waals surface area contributed by atoms with E-state index in [2.05, 4.69) is 150 Å². The van der Waals surface area contributed by atoms with Crippen molar-refractivity contribution in [1.29, 1.82) is 0 Å². The van der Waals surface area contributed by atoms with Gasteiger partial charge in [0, 0.05) is 27.1 Å². The molecule has 0 saturated carbocycles. The standard InChI is InChI=1S/C45H26N2O2/c1-2-10-28-25-29(18-17-27(28)9-1)30-19-23-41-36(26-30)43-42(48-41)24-21-37-44(43)49-45(46-37)35-20-22-40(32-12-4-3-11-31(32)35)47-38-15-7-5-13-33(38)34-14-6-8-16-39(34)47/h1-26H. The highest BCUT2D eigenvalue weighted by molar-refractivity contribution is 6.17. The van der Waals surface area contributed by atoms with E-state index in [0.717, 1.165) is 66.2 Å². The maximum absolute atomic E-state index is 6.74. The minimum Gasteiger partial charge on any atom is -0.456 e. The largest absolute Gasteiger partial charge is 0.456 e. The van der Waals surface area contributed by atoms with Gasteiger partial charge in [-0.1, -0.05) is 103 Å². The van der Waals surface area contributed by atoms with Gasteiger partial charge in [-0.25, -0.2) is 4.98 Å². The van der Waals surface area contributed by atoms with Crippen molar-refractivity contribution in [2.24, 2.45) is 0 Å². The van der Waals surface area contributed by atoms with Gasteiger partial charge in [0.15, 0.2) is 5.58 Å². The first kappa shape index (κ1) is 26.4. The van der Waals surface area contributed by atoms with Crippen LogP contribution in [0.2, 0.25) is 0 Å². The Morgan fingerprint density at radius 2 is 1.10 bits per heavy atom. The summed E-state index contributed by atoms with van der Waals surface area (Å²) in [7, 11) is 0. The van der Waals surface area contributed by atoms with Crippen LogP contribution in [0.15, 0.2) is 167 Å². The van der Waals surface area contributed by atoms with E-state index in [1.54, 1.807) is 0 Å². The van der Waals surface area contributed by atoms with Crippen LogP contribution in [0.4, 0.5) is 0 Å². The minimum atomic E-state index is 0.590. The zero-order valence-corrected chi connectivity index (χ0v) is 26.2. The molecule has 0 atom stereocenters. The molecule has 0 N–H and O–H groups in total. The first-order chi connectivity index (χ1) is 24.3. The molecule has 0 saturated heterocycles. The van der Waals surface area contributed by atoms with Gasteiger partial charge in [-0.05, 0) is 81.9 Å². The molecular formula is C45H26N2O2. The normalized spacial score (nSPS) is 12.1. The molecular weight excluding hydrogens is 601 g/mol. The second kappa shape index (κ2) is 9.93. The number of benzene rings is 8. The Kier molecular flexibility index (Phi) is 5.35. The summed E-state index contributed by atoms with van der Waals surface area (Å²) < 4.78 is 15.5. The zero-order chi connectivity index (χ0) is 32.1. The molecule has 49 heavy (non-hydrogen) atoms. The highest BCUT2D eigenvalue weighted by atomic mass is 16.4. The van der Waals surface area contributed by atoms with Crippen molar-refractivity contribution >= 4 is 76.4 Å². The lowest BCUT2D eigenvalue weighted by Gasteiger charge is -2.13. The van der Waals surface area contributed by atoms with E-state index in [1.807, 2.05) is 12.1 Å². The predicted octanol–water partition coefficient (Wildman–Crippen LogP) is 12.5. The van der Waals surface area contributed by atoms with Crippen molar-refractivity contribution in [2.75, 3.05) is 0 Å². The van der Waals surface area contributed by atoms with Gasteiger partial charge in [0.05, 0.1) is 22.1 Å². The molecule has 0 amide bonds. The van der Waals surface area contributed by atoms with Crippen molar-refractivity contribution in [3.05, 3.63) is 158 Å². The van der Waals surface area contributed by atoms with Crippen molar-refractivity contribution in [3.63, 3.8) is 0 Å². The Morgan fingerprint density at radius 3 is 1.92 bits per heavy atom. The molecule has 0 aliphatic rings. The van der Waals surface area contributed by atoms with Gasteiger partial charge in [0.1, 0.15) is 16.7 Å². The molecule has 3 aromatic heterocycles. The van der Waals surface area contributed by atoms with Crippen LogP contribution in [-0.4, -0.2) is 9.55 Å². The third-order valence-corrected chi connectivity index (χ3v) is 10.0. The Morgan fingerprint density at radius 1 is 0.449 bits per heavy atom. The summed E-state index contributed by atoms with van der Waals surface area (Å²) in [5.74, 6) is 0.590. The number of oxazole rings is 1. The van der Waals surface area contributed by atoms with Crippen LogP contribution in [0.3, 0.4) is 0 Å². The molecule has 0 aliphatic heterocycles. The van der Waals surface area contributed by atoms with Crippen LogP contribution in [0, 0.1) is 0 Å². The quantitative estimate of drug-likeness (QED) is 0.196. The number of aromatic nitrogens is 2. The van der Waals surface area contributed by atoms with E-state index < -0.39 is 0 Å². The Hall–Kier alpha value is -6.65. The smallest absolute Gasteiger partial charge is 0.227 e. The Labute approximate surface area is 280 Å². The first-order valence-electron chi connectivity index (χ1n) is 16.5. The fourth-order valence-electron chi connectivity index (χ4n) is 7.76. The maximum atomic E-state index is 6.74. The third-order valence-electron chi connectivity index (χ3n) is 10.0. The average molecular weight is 627 g/mol. The van der Waals surface area contributed by atoms with Crippen LogP contribution in [0.25, 0.3) is 105 Å². The zero-order valence-electron chi connectivity index (χ0n) is 26.2. The van der Waals surface area contributed by atoms with Gasteiger partial charge in [0.25, 0.3) is 0 Å². The molecule has 0 fully saturated rings. The monoisotopic (exact) mass is 626 g/mol. The van der Waals surface area contributed by atoms with Crippen molar-refractivity contribution in [3.8, 4) is 28.3 Å². The van der Waals surface area contributed by atoms with Gasteiger partial charge in [-0.2, -0.15) is 0 Å². The summed E-state index contributed by atoms with van der Waals surface area (Å²) in [4.78, 5) is 5.06. The molecule has 0 aliphatic carbocycles. The van der Waals surface area contributed by atoms with Crippen LogP contribution in [0.1, 0.15) is 0 Å². The molecule has 0 spiro atoms. The molecule has 11 rings (SSSR count). The summed E-state index contributed by atoms with van der Waals surface area (Å²) in [6, 6.07) is 55.6. The third kappa shape index (κ3) is 3.83. The number of fused-ring (bicyclic) bond motifs is 10. The van der Waals surface area contributed by atoms with Crippen LogP contribution < -0.4 is 0 Å². The fourth-order valence-corrected chi connectivity index (χ4v) is 7.76. The molecule has 3 heterocycles. The summed E-state index contributed by atoms with van der Waals surface area (Å²) in [5.41, 5.74) is 9.88. The predicted molar refractivity (Wildman–Crippen MR) is 202 cm³/mol.